The van der Waals surface area contributed by atoms with Gasteiger partial charge >= 0.3 is 12.4 Å². The van der Waals surface area contributed by atoms with Crippen LogP contribution in [0.5, 0.6) is 0 Å². The minimum atomic E-state index is -4.79. The highest BCUT2D eigenvalue weighted by Crippen LogP contribution is 2.22. The van der Waals surface area contributed by atoms with Gasteiger partial charge in [0.25, 0.3) is 0 Å². The molecule has 0 aromatic carbocycles. The fourth-order valence-electron chi connectivity index (χ4n) is 0.638. The number of nitrogens with one attached hydrogen (secondary N) is 1. The number of thiol groups is 1. The number of hydrogen-bond acceptors (Lipinski definition) is 1. The molecule has 0 aromatic rings. The minimum Gasteiger partial charge on any atom is -0.334 e. The maximum atomic E-state index is 11.7. The van der Waals surface area contributed by atoms with Crippen molar-refractivity contribution >= 4 is 41.8 Å². The standard InChI is InChI=1S/C5H6F6N2S.HI/c6-4(7,8)1-13(3(12)14)2-5(9,10)11;/h1-2H2,(H2,12,14);1H. The number of alkyl halides is 6. The van der Waals surface area contributed by atoms with E-state index in [0.717, 1.165) is 0 Å². The van der Waals surface area contributed by atoms with Crippen LogP contribution in [0.15, 0.2) is 0 Å². The van der Waals surface area contributed by atoms with E-state index in [1.54, 1.807) is 0 Å². The quantitative estimate of drug-likeness (QED) is 0.253. The van der Waals surface area contributed by atoms with Gasteiger partial charge in [0.2, 0.25) is 0 Å². The summed E-state index contributed by atoms with van der Waals surface area (Å²) in [7, 11) is 0. The monoisotopic (exact) mass is 368 g/mol. The molecule has 92 valence electrons. The van der Waals surface area contributed by atoms with E-state index >= 15 is 0 Å². The Labute approximate surface area is 104 Å². The molecule has 15 heavy (non-hydrogen) atoms. The van der Waals surface area contributed by atoms with Gasteiger partial charge in [-0.05, 0) is 0 Å². The van der Waals surface area contributed by atoms with Gasteiger partial charge in [-0.3, -0.25) is 5.41 Å². The van der Waals surface area contributed by atoms with Gasteiger partial charge in [0.05, 0.1) is 0 Å². The van der Waals surface area contributed by atoms with Gasteiger partial charge in [-0.2, -0.15) is 26.3 Å². The Morgan fingerprint density at radius 1 is 1.00 bits per heavy atom. The molecule has 0 heterocycles. The molecule has 0 fully saturated rings. The Kier molecular flexibility index (Phi) is 7.02. The third-order valence-electron chi connectivity index (χ3n) is 1.04. The van der Waals surface area contributed by atoms with Gasteiger partial charge in [-0.25, -0.2) is 0 Å². The van der Waals surface area contributed by atoms with E-state index in [-0.39, 0.29) is 28.9 Å². The zero-order valence-corrected chi connectivity index (χ0v) is 10.2. The second kappa shape index (κ2) is 6.01. The van der Waals surface area contributed by atoms with E-state index in [1.807, 2.05) is 0 Å². The number of nitrogens with zero attached hydrogens (tertiary/aromatic N) is 1. The zero-order valence-electron chi connectivity index (χ0n) is 6.98. The molecule has 0 atom stereocenters. The van der Waals surface area contributed by atoms with Crippen LogP contribution < -0.4 is 0 Å². The van der Waals surface area contributed by atoms with Crippen molar-refractivity contribution in [3.8, 4) is 0 Å². The van der Waals surface area contributed by atoms with Gasteiger partial charge < -0.3 is 4.90 Å². The van der Waals surface area contributed by atoms with Crippen LogP contribution >= 0.6 is 36.6 Å². The van der Waals surface area contributed by atoms with E-state index in [1.165, 1.54) is 0 Å². The first-order valence-corrected chi connectivity index (χ1v) is 3.62. The third kappa shape index (κ3) is 10.4. The lowest BCUT2D eigenvalue weighted by molar-refractivity contribution is -0.167. The van der Waals surface area contributed by atoms with E-state index in [9.17, 15) is 26.3 Å². The van der Waals surface area contributed by atoms with Gasteiger partial charge in [0.15, 0.2) is 5.17 Å². The molecule has 0 bridgehead atoms. The lowest BCUT2D eigenvalue weighted by Gasteiger charge is -2.24. The Morgan fingerprint density at radius 2 is 1.27 bits per heavy atom. The van der Waals surface area contributed by atoms with E-state index in [2.05, 4.69) is 12.6 Å². The first-order chi connectivity index (χ1) is 6.01. The van der Waals surface area contributed by atoms with Crippen LogP contribution in [0.1, 0.15) is 0 Å². The van der Waals surface area contributed by atoms with Crippen molar-refractivity contribution in [3.05, 3.63) is 0 Å². The molecule has 0 aliphatic heterocycles. The number of amidine groups is 1. The van der Waals surface area contributed by atoms with Crippen molar-refractivity contribution in [1.29, 1.82) is 5.41 Å². The summed E-state index contributed by atoms with van der Waals surface area (Å²) >= 11 is 3.13. The topological polar surface area (TPSA) is 27.1 Å². The third-order valence-corrected chi connectivity index (χ3v) is 1.32. The van der Waals surface area contributed by atoms with E-state index in [4.69, 9.17) is 5.41 Å². The molecule has 2 nitrogen and oxygen atoms in total. The molecule has 0 aliphatic rings. The van der Waals surface area contributed by atoms with Crippen LogP contribution in [0, 0.1) is 5.41 Å². The molecular weight excluding hydrogens is 361 g/mol. The van der Waals surface area contributed by atoms with Crippen LogP contribution in [0.3, 0.4) is 0 Å². The van der Waals surface area contributed by atoms with Crippen molar-refractivity contribution < 1.29 is 26.3 Å². The second-order valence-electron chi connectivity index (χ2n) is 2.41. The summed E-state index contributed by atoms with van der Waals surface area (Å²) in [6.07, 6.45) is -9.58. The molecule has 10 heteroatoms. The smallest absolute Gasteiger partial charge is 0.334 e. The summed E-state index contributed by atoms with van der Waals surface area (Å²) in [4.78, 5) is -0.219. The molecule has 0 aliphatic carbocycles. The summed E-state index contributed by atoms with van der Waals surface area (Å²) < 4.78 is 70.2. The zero-order chi connectivity index (χ0) is 11.6. The van der Waals surface area contributed by atoms with E-state index < -0.39 is 30.6 Å². The van der Waals surface area contributed by atoms with Gasteiger partial charge in [0, 0.05) is 0 Å². The highest BCUT2D eigenvalue weighted by atomic mass is 127. The largest absolute Gasteiger partial charge is 0.405 e. The molecule has 0 rings (SSSR count). The summed E-state index contributed by atoms with van der Waals surface area (Å²) in [5, 5.41) is 5.53. The average molecular weight is 368 g/mol. The lowest BCUT2D eigenvalue weighted by atomic mass is 10.5. The van der Waals surface area contributed by atoms with Gasteiger partial charge in [-0.15, -0.1) is 36.6 Å². The van der Waals surface area contributed by atoms with Crippen LogP contribution in [0.4, 0.5) is 26.3 Å². The van der Waals surface area contributed by atoms with E-state index in [0.29, 0.717) is 0 Å². The van der Waals surface area contributed by atoms with Crippen LogP contribution in [-0.4, -0.2) is 35.5 Å². The first kappa shape index (κ1) is 17.5. The predicted molar refractivity (Wildman–Crippen MR) is 55.8 cm³/mol. The van der Waals surface area contributed by atoms with Crippen LogP contribution in [0.25, 0.3) is 0 Å². The second-order valence-corrected chi connectivity index (χ2v) is 2.83. The number of halogens is 7. The highest BCUT2D eigenvalue weighted by molar-refractivity contribution is 14.0. The van der Waals surface area contributed by atoms with Crippen molar-refractivity contribution in [3.63, 3.8) is 0 Å². The maximum absolute atomic E-state index is 11.7. The van der Waals surface area contributed by atoms with Crippen molar-refractivity contribution in [2.24, 2.45) is 0 Å². The summed E-state index contributed by atoms with van der Waals surface area (Å²) in [5.41, 5.74) is 0. The Morgan fingerprint density at radius 3 is 1.40 bits per heavy atom. The SMILES string of the molecule is I.N=C(S)N(CC(F)(F)F)CC(F)(F)F. The maximum Gasteiger partial charge on any atom is 0.405 e. The molecule has 0 radical (unpaired) electrons. The van der Waals surface area contributed by atoms with Crippen LogP contribution in [0.2, 0.25) is 0 Å². The molecule has 0 amide bonds. The summed E-state index contributed by atoms with van der Waals surface area (Å²) in [6.45, 7) is -3.68. The molecule has 0 saturated carbocycles. The number of hydrogen-bond donors (Lipinski definition) is 2. The van der Waals surface area contributed by atoms with Crippen molar-refractivity contribution in [1.82, 2.24) is 4.90 Å². The Bertz CT molecular complexity index is 199. The normalized spacial score (nSPS) is 11.9. The first-order valence-electron chi connectivity index (χ1n) is 3.17. The van der Waals surface area contributed by atoms with Crippen LogP contribution in [-0.2, 0) is 0 Å². The minimum absolute atomic E-state index is 0. The average Bonchev–Trinajstić information content (AvgIpc) is 1.78. The molecular formula is C5H7F6IN2S. The summed E-state index contributed by atoms with van der Waals surface area (Å²) in [5.74, 6) is 0. The fraction of sp³-hybridized carbons (Fsp3) is 0.800. The van der Waals surface area contributed by atoms with Gasteiger partial charge in [0.1, 0.15) is 13.1 Å². The number of rotatable bonds is 2. The Balaban J connectivity index is 0. The van der Waals surface area contributed by atoms with Gasteiger partial charge in [-0.1, -0.05) is 0 Å². The van der Waals surface area contributed by atoms with Crippen molar-refractivity contribution in [2.75, 3.05) is 13.1 Å². The molecule has 0 aromatic heterocycles. The fourth-order valence-corrected chi connectivity index (χ4v) is 0.780. The highest BCUT2D eigenvalue weighted by Gasteiger charge is 2.37. The Hall–Kier alpha value is 0.130. The molecule has 0 saturated heterocycles. The lowest BCUT2D eigenvalue weighted by Crippen LogP contribution is -2.42. The molecule has 0 unspecified atom stereocenters. The predicted octanol–water partition coefficient (Wildman–Crippen LogP) is 2.90. The van der Waals surface area contributed by atoms with Crippen molar-refractivity contribution in [2.45, 2.75) is 12.4 Å². The molecule has 0 spiro atoms. The molecule has 1 N–H and O–H groups in total. The summed E-state index contributed by atoms with van der Waals surface area (Å²) in [6, 6.07) is 0.